The Balaban J connectivity index is 2.92. The predicted molar refractivity (Wildman–Crippen MR) is 88.0 cm³/mol. The fourth-order valence-electron chi connectivity index (χ4n) is 2.96. The first-order valence-corrected chi connectivity index (χ1v) is 8.63. The van der Waals surface area contributed by atoms with E-state index in [9.17, 15) is 35.7 Å². The van der Waals surface area contributed by atoms with Gasteiger partial charge in [0, 0.05) is 7.11 Å². The molecule has 7 unspecified atom stereocenters. The van der Waals surface area contributed by atoms with Crippen LogP contribution in [0.4, 0.5) is 0 Å². The molecule has 1 fully saturated rings. The number of hydrogen-bond acceptors (Lipinski definition) is 10. The van der Waals surface area contributed by atoms with Gasteiger partial charge in [-0.15, -0.1) is 0 Å². The van der Waals surface area contributed by atoms with Gasteiger partial charge >= 0.3 is 0 Å². The van der Waals surface area contributed by atoms with E-state index in [-0.39, 0.29) is 12.3 Å². The molecule has 0 spiro atoms. The number of hydrogen-bond donors (Lipinski definition) is 7. The van der Waals surface area contributed by atoms with E-state index in [1.165, 1.54) is 7.11 Å². The summed E-state index contributed by atoms with van der Waals surface area (Å²) in [6.45, 7) is 2.35. The average molecular weight is 384 g/mol. The number of aliphatic hydroxyl groups is 7. The van der Waals surface area contributed by atoms with E-state index in [1.54, 1.807) is 0 Å². The lowest BCUT2D eigenvalue weighted by atomic mass is 9.95. The van der Waals surface area contributed by atoms with E-state index >= 15 is 0 Å². The van der Waals surface area contributed by atoms with Crippen molar-refractivity contribution < 1.29 is 50.0 Å². The second-order valence-corrected chi connectivity index (χ2v) is 6.95. The van der Waals surface area contributed by atoms with Crippen molar-refractivity contribution in [3.05, 3.63) is 0 Å². The molecule has 1 heterocycles. The van der Waals surface area contributed by atoms with Gasteiger partial charge in [0.15, 0.2) is 6.29 Å². The maximum absolute atomic E-state index is 10.3. The van der Waals surface area contributed by atoms with Gasteiger partial charge in [-0.1, -0.05) is 13.8 Å². The Hall–Kier alpha value is -0.400. The van der Waals surface area contributed by atoms with Crippen LogP contribution in [0.1, 0.15) is 20.3 Å². The standard InChI is InChI=1S/C16H32O10/c1-7(2)4-8(19)11(21)14(9(20)5-17)26-16-13(23)12(22)15(24-3)10(6-18)25-16/h7-23H,4-6H2,1-3H3/t8?,9?,10?,11?,12?,13?,14?,15-,16-/m0/s1. The second-order valence-electron chi connectivity index (χ2n) is 6.95. The number of rotatable bonds is 10. The van der Waals surface area contributed by atoms with Crippen LogP contribution in [0.5, 0.6) is 0 Å². The van der Waals surface area contributed by atoms with E-state index in [4.69, 9.17) is 14.2 Å². The van der Waals surface area contributed by atoms with Gasteiger partial charge in [-0.3, -0.25) is 0 Å². The normalized spacial score (nSPS) is 34.5. The summed E-state index contributed by atoms with van der Waals surface area (Å²) in [5, 5.41) is 69.2. The summed E-state index contributed by atoms with van der Waals surface area (Å²) in [6.07, 6.45) is -12.3. The molecule has 0 saturated carbocycles. The van der Waals surface area contributed by atoms with Crippen molar-refractivity contribution in [3.63, 3.8) is 0 Å². The maximum Gasteiger partial charge on any atom is 0.187 e. The number of ether oxygens (including phenoxy) is 3. The van der Waals surface area contributed by atoms with Crippen LogP contribution in [-0.4, -0.2) is 111 Å². The van der Waals surface area contributed by atoms with Crippen LogP contribution in [-0.2, 0) is 14.2 Å². The summed E-state index contributed by atoms with van der Waals surface area (Å²) in [7, 11) is 1.28. The van der Waals surface area contributed by atoms with Gasteiger partial charge in [-0.05, 0) is 12.3 Å². The first-order chi connectivity index (χ1) is 12.2. The van der Waals surface area contributed by atoms with Crippen LogP contribution in [0.2, 0.25) is 0 Å². The summed E-state index contributed by atoms with van der Waals surface area (Å²) in [5.41, 5.74) is 0. The van der Waals surface area contributed by atoms with Crippen molar-refractivity contribution >= 4 is 0 Å². The highest BCUT2D eigenvalue weighted by Gasteiger charge is 2.47. The van der Waals surface area contributed by atoms with E-state index in [2.05, 4.69) is 0 Å². The fourth-order valence-corrected chi connectivity index (χ4v) is 2.96. The number of methoxy groups -OCH3 is 1. The highest BCUT2D eigenvalue weighted by atomic mass is 16.7. The highest BCUT2D eigenvalue weighted by molar-refractivity contribution is 4.92. The van der Waals surface area contributed by atoms with Crippen LogP contribution >= 0.6 is 0 Å². The molecule has 1 aliphatic rings. The van der Waals surface area contributed by atoms with Crippen LogP contribution in [0.3, 0.4) is 0 Å². The smallest absolute Gasteiger partial charge is 0.187 e. The summed E-state index contributed by atoms with van der Waals surface area (Å²) in [5.74, 6) is 0.0474. The van der Waals surface area contributed by atoms with Crippen LogP contribution in [0.25, 0.3) is 0 Å². The van der Waals surface area contributed by atoms with Gasteiger partial charge in [0.05, 0.1) is 19.3 Å². The van der Waals surface area contributed by atoms with Crippen molar-refractivity contribution in [1.82, 2.24) is 0 Å². The Morgan fingerprint density at radius 3 is 2.08 bits per heavy atom. The molecule has 0 aromatic carbocycles. The van der Waals surface area contributed by atoms with Gasteiger partial charge in [-0.25, -0.2) is 0 Å². The van der Waals surface area contributed by atoms with E-state index < -0.39 is 68.3 Å². The molecule has 7 N–H and O–H groups in total. The molecule has 10 nitrogen and oxygen atoms in total. The molecule has 0 aliphatic carbocycles. The molecule has 156 valence electrons. The van der Waals surface area contributed by atoms with Gasteiger partial charge in [-0.2, -0.15) is 0 Å². The zero-order valence-corrected chi connectivity index (χ0v) is 15.3. The third-order valence-corrected chi connectivity index (χ3v) is 4.39. The summed E-state index contributed by atoms with van der Waals surface area (Å²) >= 11 is 0. The third kappa shape index (κ3) is 5.80. The Kier molecular flexibility index (Phi) is 9.83. The molecule has 0 aromatic rings. The molecule has 1 saturated heterocycles. The maximum atomic E-state index is 10.3. The Morgan fingerprint density at radius 2 is 1.62 bits per heavy atom. The van der Waals surface area contributed by atoms with Crippen molar-refractivity contribution in [2.45, 2.75) is 75.4 Å². The van der Waals surface area contributed by atoms with Crippen molar-refractivity contribution in [3.8, 4) is 0 Å². The summed E-state index contributed by atoms with van der Waals surface area (Å²) in [4.78, 5) is 0. The molecular formula is C16H32O10. The molecule has 0 bridgehead atoms. The zero-order chi connectivity index (χ0) is 20.0. The monoisotopic (exact) mass is 384 g/mol. The van der Waals surface area contributed by atoms with Gasteiger partial charge in [0.2, 0.25) is 0 Å². The van der Waals surface area contributed by atoms with E-state index in [0.717, 1.165) is 0 Å². The number of aliphatic hydroxyl groups excluding tert-OH is 7. The SMILES string of the molecule is CO[C@H]1C(CO)O[C@@H](OC(C(O)CO)C(O)C(O)CC(C)C)C(O)C1O. The minimum Gasteiger partial charge on any atom is -0.394 e. The molecule has 1 aliphatic heterocycles. The fraction of sp³-hybridized carbons (Fsp3) is 1.00. The Labute approximate surface area is 152 Å². The van der Waals surface area contributed by atoms with Crippen LogP contribution in [0, 0.1) is 5.92 Å². The predicted octanol–water partition coefficient (Wildman–Crippen LogP) is -3.05. The molecular weight excluding hydrogens is 352 g/mol. The minimum absolute atomic E-state index is 0.0474. The quantitative estimate of drug-likeness (QED) is 0.205. The largest absolute Gasteiger partial charge is 0.394 e. The third-order valence-electron chi connectivity index (χ3n) is 4.39. The van der Waals surface area contributed by atoms with Gasteiger partial charge in [0.1, 0.15) is 42.7 Å². The summed E-state index contributed by atoms with van der Waals surface area (Å²) in [6, 6.07) is 0. The van der Waals surface area contributed by atoms with E-state index in [1.807, 2.05) is 13.8 Å². The lowest BCUT2D eigenvalue weighted by molar-refractivity contribution is -0.329. The molecule has 1 rings (SSSR count). The lowest BCUT2D eigenvalue weighted by Crippen LogP contribution is -2.62. The molecule has 0 aromatic heterocycles. The average Bonchev–Trinajstić information content (AvgIpc) is 2.60. The Bertz CT molecular complexity index is 393. The summed E-state index contributed by atoms with van der Waals surface area (Å²) < 4.78 is 15.8. The Morgan fingerprint density at radius 1 is 1.00 bits per heavy atom. The van der Waals surface area contributed by atoms with Gasteiger partial charge < -0.3 is 50.0 Å². The van der Waals surface area contributed by atoms with Gasteiger partial charge in [0.25, 0.3) is 0 Å². The molecule has 0 amide bonds. The van der Waals surface area contributed by atoms with E-state index in [0.29, 0.717) is 0 Å². The molecule has 26 heavy (non-hydrogen) atoms. The first kappa shape index (κ1) is 23.6. The minimum atomic E-state index is -1.61. The molecule has 9 atom stereocenters. The second kappa shape index (κ2) is 10.8. The topological polar surface area (TPSA) is 169 Å². The van der Waals surface area contributed by atoms with Crippen molar-refractivity contribution in [2.75, 3.05) is 20.3 Å². The highest BCUT2D eigenvalue weighted by Crippen LogP contribution is 2.26. The molecule has 0 radical (unpaired) electrons. The van der Waals surface area contributed by atoms with Crippen LogP contribution < -0.4 is 0 Å². The first-order valence-electron chi connectivity index (χ1n) is 8.63. The lowest BCUT2D eigenvalue weighted by Gasteiger charge is -2.43. The molecule has 10 heteroatoms. The van der Waals surface area contributed by atoms with Crippen molar-refractivity contribution in [2.24, 2.45) is 5.92 Å². The van der Waals surface area contributed by atoms with Crippen molar-refractivity contribution in [1.29, 1.82) is 0 Å². The van der Waals surface area contributed by atoms with Crippen LogP contribution in [0.15, 0.2) is 0 Å². The zero-order valence-electron chi connectivity index (χ0n) is 15.3.